The van der Waals surface area contributed by atoms with E-state index in [4.69, 9.17) is 0 Å². The Kier molecular flexibility index (Phi) is 2.87. The zero-order chi connectivity index (χ0) is 13.2. The van der Waals surface area contributed by atoms with Gasteiger partial charge in [-0.25, -0.2) is 15.0 Å². The van der Waals surface area contributed by atoms with Crippen LogP contribution in [-0.4, -0.2) is 19.9 Å². The molecule has 2 N–H and O–H groups in total. The normalized spacial score (nSPS) is 10.8. The van der Waals surface area contributed by atoms with Gasteiger partial charge in [0.25, 0.3) is 0 Å². The Bertz CT molecular complexity index is 717. The molecule has 0 saturated carbocycles. The van der Waals surface area contributed by atoms with E-state index in [0.717, 1.165) is 17.9 Å². The summed E-state index contributed by atoms with van der Waals surface area (Å²) in [6, 6.07) is 8.40. The highest BCUT2D eigenvalue weighted by Crippen LogP contribution is 2.17. The lowest BCUT2D eigenvalue weighted by Crippen LogP contribution is -2.04. The molecule has 0 aliphatic heterocycles. The van der Waals surface area contributed by atoms with Crippen molar-refractivity contribution in [2.75, 3.05) is 5.32 Å². The molecule has 0 aliphatic rings. The second-order valence-corrected chi connectivity index (χ2v) is 4.56. The summed E-state index contributed by atoms with van der Waals surface area (Å²) in [5.74, 6) is 1.51. The summed E-state index contributed by atoms with van der Waals surface area (Å²) in [4.78, 5) is 15.9. The van der Waals surface area contributed by atoms with E-state index < -0.39 is 0 Å². The van der Waals surface area contributed by atoms with Gasteiger partial charge in [-0.3, -0.25) is 0 Å². The number of benzene rings is 1. The molecule has 0 bridgehead atoms. The van der Waals surface area contributed by atoms with Gasteiger partial charge in [-0.05, 0) is 19.4 Å². The third-order valence-corrected chi connectivity index (χ3v) is 2.94. The van der Waals surface area contributed by atoms with Crippen LogP contribution in [0.25, 0.3) is 11.2 Å². The summed E-state index contributed by atoms with van der Waals surface area (Å²) in [5.41, 5.74) is 4.02. The SMILES string of the molecule is Cc1cccc(CNc2nc(C)nc3nc[nH]c23)c1. The fourth-order valence-corrected chi connectivity index (χ4v) is 2.08. The number of nitrogens with one attached hydrogen (secondary N) is 2. The molecule has 2 heterocycles. The molecule has 0 saturated heterocycles. The number of hydrogen-bond donors (Lipinski definition) is 2. The number of H-pyrrole nitrogens is 1. The van der Waals surface area contributed by atoms with Gasteiger partial charge in [-0.15, -0.1) is 0 Å². The first-order valence-corrected chi connectivity index (χ1v) is 6.19. The van der Waals surface area contributed by atoms with Crippen molar-refractivity contribution in [1.29, 1.82) is 0 Å². The molecule has 3 rings (SSSR count). The highest BCUT2D eigenvalue weighted by molar-refractivity contribution is 5.82. The van der Waals surface area contributed by atoms with Crippen LogP contribution < -0.4 is 5.32 Å². The van der Waals surface area contributed by atoms with E-state index in [2.05, 4.69) is 56.4 Å². The molecule has 0 fully saturated rings. The van der Waals surface area contributed by atoms with Crippen LogP contribution in [0.5, 0.6) is 0 Å². The van der Waals surface area contributed by atoms with Crippen molar-refractivity contribution in [2.24, 2.45) is 0 Å². The Labute approximate surface area is 111 Å². The van der Waals surface area contributed by atoms with Gasteiger partial charge < -0.3 is 10.3 Å². The van der Waals surface area contributed by atoms with E-state index in [-0.39, 0.29) is 0 Å². The van der Waals surface area contributed by atoms with Gasteiger partial charge in [0.15, 0.2) is 11.5 Å². The van der Waals surface area contributed by atoms with Crippen molar-refractivity contribution in [3.05, 3.63) is 47.5 Å². The molecule has 5 heteroatoms. The van der Waals surface area contributed by atoms with Crippen molar-refractivity contribution in [3.8, 4) is 0 Å². The van der Waals surface area contributed by atoms with Crippen LogP contribution in [0.2, 0.25) is 0 Å². The first-order valence-electron chi connectivity index (χ1n) is 6.19. The first-order chi connectivity index (χ1) is 9.22. The van der Waals surface area contributed by atoms with Crippen LogP contribution in [0.3, 0.4) is 0 Å². The number of anilines is 1. The van der Waals surface area contributed by atoms with Gasteiger partial charge in [-0.1, -0.05) is 29.8 Å². The van der Waals surface area contributed by atoms with Crippen LogP contribution >= 0.6 is 0 Å². The van der Waals surface area contributed by atoms with E-state index >= 15 is 0 Å². The van der Waals surface area contributed by atoms with Crippen molar-refractivity contribution in [3.63, 3.8) is 0 Å². The van der Waals surface area contributed by atoms with Gasteiger partial charge in [0.1, 0.15) is 11.3 Å². The second-order valence-electron chi connectivity index (χ2n) is 4.56. The van der Waals surface area contributed by atoms with E-state index in [0.29, 0.717) is 11.5 Å². The maximum absolute atomic E-state index is 4.42. The molecule has 0 radical (unpaired) electrons. The van der Waals surface area contributed by atoms with Crippen molar-refractivity contribution in [2.45, 2.75) is 20.4 Å². The zero-order valence-corrected chi connectivity index (χ0v) is 10.9. The Morgan fingerprint density at radius 2 is 2.11 bits per heavy atom. The van der Waals surface area contributed by atoms with Gasteiger partial charge in [0, 0.05) is 6.54 Å². The minimum absolute atomic E-state index is 0.694. The Morgan fingerprint density at radius 3 is 2.95 bits per heavy atom. The molecule has 96 valence electrons. The predicted molar refractivity (Wildman–Crippen MR) is 74.9 cm³/mol. The Morgan fingerprint density at radius 1 is 1.21 bits per heavy atom. The lowest BCUT2D eigenvalue weighted by Gasteiger charge is -2.07. The van der Waals surface area contributed by atoms with Crippen LogP contribution in [-0.2, 0) is 6.54 Å². The minimum atomic E-state index is 0.694. The lowest BCUT2D eigenvalue weighted by molar-refractivity contribution is 1.04. The maximum Gasteiger partial charge on any atom is 0.183 e. The predicted octanol–water partition coefficient (Wildman–Crippen LogP) is 2.58. The fourth-order valence-electron chi connectivity index (χ4n) is 2.08. The second kappa shape index (κ2) is 4.68. The number of aryl methyl sites for hydroxylation is 2. The van der Waals surface area contributed by atoms with Crippen molar-refractivity contribution in [1.82, 2.24) is 19.9 Å². The Hall–Kier alpha value is -2.43. The molecular formula is C14H15N5. The topological polar surface area (TPSA) is 66.5 Å². The van der Waals surface area contributed by atoms with Crippen molar-refractivity contribution < 1.29 is 0 Å². The van der Waals surface area contributed by atoms with E-state index in [1.54, 1.807) is 6.33 Å². The summed E-state index contributed by atoms with van der Waals surface area (Å²) in [6.45, 7) is 4.68. The number of aromatic nitrogens is 4. The fraction of sp³-hybridized carbons (Fsp3) is 0.214. The molecule has 0 atom stereocenters. The molecule has 2 aromatic heterocycles. The van der Waals surface area contributed by atoms with Crippen LogP contribution in [0, 0.1) is 13.8 Å². The maximum atomic E-state index is 4.42. The molecule has 5 nitrogen and oxygen atoms in total. The first kappa shape index (κ1) is 11.6. The average Bonchev–Trinajstić information content (AvgIpc) is 2.84. The van der Waals surface area contributed by atoms with Crippen LogP contribution in [0.15, 0.2) is 30.6 Å². The van der Waals surface area contributed by atoms with E-state index in [9.17, 15) is 0 Å². The summed E-state index contributed by atoms with van der Waals surface area (Å²) < 4.78 is 0. The van der Waals surface area contributed by atoms with E-state index in [1.165, 1.54) is 11.1 Å². The smallest absolute Gasteiger partial charge is 0.183 e. The quantitative estimate of drug-likeness (QED) is 0.753. The Balaban J connectivity index is 1.87. The molecule has 19 heavy (non-hydrogen) atoms. The third-order valence-electron chi connectivity index (χ3n) is 2.94. The van der Waals surface area contributed by atoms with E-state index in [1.807, 2.05) is 6.92 Å². The van der Waals surface area contributed by atoms with Gasteiger partial charge in [0.2, 0.25) is 0 Å². The largest absolute Gasteiger partial charge is 0.364 e. The zero-order valence-electron chi connectivity index (χ0n) is 10.9. The lowest BCUT2D eigenvalue weighted by atomic mass is 10.1. The number of hydrogen-bond acceptors (Lipinski definition) is 4. The number of imidazole rings is 1. The molecular weight excluding hydrogens is 238 g/mol. The standard InChI is InChI=1S/C14H15N5/c1-9-4-3-5-11(6-9)7-15-13-12-14(17-8-16-12)19-10(2)18-13/h3-6,8H,7H2,1-2H3,(H2,15,16,17,18,19). The van der Waals surface area contributed by atoms with Crippen molar-refractivity contribution >= 4 is 17.0 Å². The number of nitrogens with zero attached hydrogens (tertiary/aromatic N) is 3. The monoisotopic (exact) mass is 253 g/mol. The molecule has 3 aromatic rings. The average molecular weight is 253 g/mol. The highest BCUT2D eigenvalue weighted by atomic mass is 15.1. The minimum Gasteiger partial charge on any atom is -0.364 e. The molecule has 0 aliphatic carbocycles. The van der Waals surface area contributed by atoms with Gasteiger partial charge >= 0.3 is 0 Å². The van der Waals surface area contributed by atoms with Crippen LogP contribution in [0.1, 0.15) is 17.0 Å². The van der Waals surface area contributed by atoms with Gasteiger partial charge in [0.05, 0.1) is 6.33 Å². The number of aromatic amines is 1. The van der Waals surface area contributed by atoms with Crippen LogP contribution in [0.4, 0.5) is 5.82 Å². The third kappa shape index (κ3) is 2.40. The molecule has 1 aromatic carbocycles. The van der Waals surface area contributed by atoms with Gasteiger partial charge in [-0.2, -0.15) is 0 Å². The summed E-state index contributed by atoms with van der Waals surface area (Å²) >= 11 is 0. The summed E-state index contributed by atoms with van der Waals surface area (Å²) in [6.07, 6.45) is 1.64. The highest BCUT2D eigenvalue weighted by Gasteiger charge is 2.07. The molecule has 0 unspecified atom stereocenters. The number of rotatable bonds is 3. The molecule has 0 spiro atoms. The summed E-state index contributed by atoms with van der Waals surface area (Å²) in [5, 5.41) is 3.34. The molecule has 0 amide bonds. The summed E-state index contributed by atoms with van der Waals surface area (Å²) in [7, 11) is 0. The number of fused-ring (bicyclic) bond motifs is 1.